The fraction of sp³-hybridized carbons (Fsp3) is 0.107. The maximum Gasteiger partial charge on any atom is 0.274 e. The molecule has 2 heterocycles. The van der Waals surface area contributed by atoms with Gasteiger partial charge in [-0.25, -0.2) is 31.7 Å². The van der Waals surface area contributed by atoms with Crippen LogP contribution >= 0.6 is 11.6 Å². The number of halogens is 1. The number of pyridine rings is 1. The van der Waals surface area contributed by atoms with Gasteiger partial charge in [0.05, 0.1) is 32.8 Å². The zero-order chi connectivity index (χ0) is 30.8. The zero-order valence-corrected chi connectivity index (χ0v) is 24.7. The van der Waals surface area contributed by atoms with Crippen molar-refractivity contribution in [2.45, 2.75) is 21.8 Å². The highest BCUT2D eigenvalue weighted by Gasteiger charge is 2.48. The highest BCUT2D eigenvalue weighted by atomic mass is 35.5. The summed E-state index contributed by atoms with van der Waals surface area (Å²) in [7, 11) is -8.01. The lowest BCUT2D eigenvalue weighted by Gasteiger charge is -2.25. The van der Waals surface area contributed by atoms with Gasteiger partial charge < -0.3 is 15.9 Å². The van der Waals surface area contributed by atoms with Crippen molar-refractivity contribution in [1.29, 1.82) is 0 Å². The normalized spacial score (nSPS) is 16.7. The number of nitrogens with two attached hydrogens (primary N) is 2. The van der Waals surface area contributed by atoms with Crippen LogP contribution in [0.3, 0.4) is 0 Å². The molecule has 0 radical (unpaired) electrons. The van der Waals surface area contributed by atoms with Crippen molar-refractivity contribution < 1.29 is 26.5 Å². The summed E-state index contributed by atoms with van der Waals surface area (Å²) in [4.78, 5) is 23.5. The van der Waals surface area contributed by atoms with Crippen LogP contribution in [0.2, 0.25) is 5.02 Å². The molecule has 0 unspecified atom stereocenters. The highest BCUT2D eigenvalue weighted by Crippen LogP contribution is 2.31. The molecule has 1 amide bonds. The van der Waals surface area contributed by atoms with Crippen LogP contribution in [-0.2, 0) is 29.7 Å². The molecule has 0 aliphatic carbocycles. The third kappa shape index (κ3) is 6.53. The van der Waals surface area contributed by atoms with Gasteiger partial charge in [0.1, 0.15) is 5.82 Å². The Bertz CT molecular complexity index is 1940. The van der Waals surface area contributed by atoms with Crippen molar-refractivity contribution in [3.63, 3.8) is 0 Å². The molecule has 1 aromatic heterocycles. The second kappa shape index (κ2) is 11.7. The first-order chi connectivity index (χ1) is 20.4. The predicted molar refractivity (Wildman–Crippen MR) is 162 cm³/mol. The number of nitrogens with one attached hydrogen (secondary N) is 2. The van der Waals surface area contributed by atoms with Gasteiger partial charge in [-0.2, -0.15) is 0 Å². The first kappa shape index (κ1) is 30.1. The molecule has 0 bridgehead atoms. The van der Waals surface area contributed by atoms with E-state index in [4.69, 9.17) is 27.3 Å². The number of aromatic nitrogens is 1. The number of oxime groups is 1. The molecule has 0 spiro atoms. The lowest BCUT2D eigenvalue weighted by atomic mass is 9.93. The molecule has 222 valence electrons. The van der Waals surface area contributed by atoms with E-state index in [9.17, 15) is 21.6 Å². The van der Waals surface area contributed by atoms with Crippen LogP contribution < -0.4 is 20.9 Å². The zero-order valence-electron chi connectivity index (χ0n) is 22.3. The van der Waals surface area contributed by atoms with Gasteiger partial charge in [-0.1, -0.05) is 59.2 Å². The monoisotopic (exact) mass is 640 g/mol. The third-order valence-electron chi connectivity index (χ3n) is 6.64. The van der Waals surface area contributed by atoms with Gasteiger partial charge in [-0.3, -0.25) is 4.79 Å². The van der Waals surface area contributed by atoms with Gasteiger partial charge in [-0.15, -0.1) is 0 Å². The van der Waals surface area contributed by atoms with E-state index in [2.05, 4.69) is 20.2 Å². The van der Waals surface area contributed by atoms with Gasteiger partial charge >= 0.3 is 0 Å². The fourth-order valence-electron chi connectivity index (χ4n) is 4.36. The van der Waals surface area contributed by atoms with Crippen LogP contribution in [0.4, 0.5) is 11.5 Å². The maximum atomic E-state index is 13.7. The minimum Gasteiger partial charge on any atom is -0.398 e. The Morgan fingerprint density at radius 2 is 1.65 bits per heavy atom. The molecule has 4 aromatic rings. The van der Waals surface area contributed by atoms with Crippen LogP contribution in [0.25, 0.3) is 11.1 Å². The lowest BCUT2D eigenvalue weighted by Crippen LogP contribution is -2.52. The molecule has 0 saturated heterocycles. The second-order valence-electron chi connectivity index (χ2n) is 9.60. The number of rotatable bonds is 9. The van der Waals surface area contributed by atoms with Crippen molar-refractivity contribution in [1.82, 2.24) is 9.71 Å². The van der Waals surface area contributed by atoms with E-state index in [0.29, 0.717) is 33.1 Å². The number of benzene rings is 3. The van der Waals surface area contributed by atoms with Crippen molar-refractivity contribution in [3.05, 3.63) is 102 Å². The second-order valence-corrected chi connectivity index (χ2v) is 13.3. The molecule has 15 heteroatoms. The summed E-state index contributed by atoms with van der Waals surface area (Å²) < 4.78 is 52.5. The molecular weight excluding hydrogens is 616 g/mol. The van der Waals surface area contributed by atoms with Gasteiger partial charge in [0.2, 0.25) is 25.6 Å². The van der Waals surface area contributed by atoms with E-state index in [-0.39, 0.29) is 22.0 Å². The lowest BCUT2D eigenvalue weighted by molar-refractivity contribution is -0.137. The molecule has 5 rings (SSSR count). The van der Waals surface area contributed by atoms with E-state index in [1.165, 1.54) is 30.5 Å². The molecule has 1 aliphatic heterocycles. The number of primary sulfonamides is 1. The van der Waals surface area contributed by atoms with Crippen LogP contribution in [0.5, 0.6) is 0 Å². The Morgan fingerprint density at radius 3 is 2.33 bits per heavy atom. The van der Waals surface area contributed by atoms with Crippen LogP contribution in [0.15, 0.2) is 106 Å². The molecule has 0 fully saturated rings. The first-order valence-corrected chi connectivity index (χ1v) is 16.0. The smallest absolute Gasteiger partial charge is 0.274 e. The van der Waals surface area contributed by atoms with Gasteiger partial charge in [0.25, 0.3) is 5.91 Å². The van der Waals surface area contributed by atoms with Crippen molar-refractivity contribution >= 4 is 54.8 Å². The number of sulfonamides is 2. The molecule has 12 nitrogen and oxygen atoms in total. The number of nitrogens with zero attached hydrogens (tertiary/aromatic N) is 2. The SMILES string of the molecule is Nc1cc(C2=NO[C@@](CNS(=O)(=O)c3ccccc3)(C(=O)Nc3ccc(-c4ccccc4S(N)(=O)=O)cn3)C2)ccc1Cl. The summed E-state index contributed by atoms with van der Waals surface area (Å²) in [6.45, 7) is -0.466. The topological polar surface area (TPSA) is 196 Å². The van der Waals surface area contributed by atoms with Crippen molar-refractivity contribution in [2.75, 3.05) is 17.6 Å². The minimum absolute atomic E-state index is 0.00667. The number of anilines is 2. The Hall–Kier alpha value is -4.34. The Morgan fingerprint density at radius 1 is 0.953 bits per heavy atom. The fourth-order valence-corrected chi connectivity index (χ4v) is 6.34. The third-order valence-corrected chi connectivity index (χ3v) is 9.37. The van der Waals surface area contributed by atoms with E-state index in [1.807, 2.05) is 0 Å². The van der Waals surface area contributed by atoms with Crippen LogP contribution in [-0.4, -0.2) is 45.6 Å². The average Bonchev–Trinajstić information content (AvgIpc) is 3.44. The molecule has 43 heavy (non-hydrogen) atoms. The van der Waals surface area contributed by atoms with E-state index >= 15 is 0 Å². The number of hydrogen-bond acceptors (Lipinski definition) is 9. The summed E-state index contributed by atoms with van der Waals surface area (Å²) in [5.74, 6) is -0.631. The van der Waals surface area contributed by atoms with Crippen molar-refractivity contribution in [3.8, 4) is 11.1 Å². The summed E-state index contributed by atoms with van der Waals surface area (Å²) in [5.41, 5.74) is 6.10. The molecule has 3 aromatic carbocycles. The molecule has 1 aliphatic rings. The summed E-state index contributed by atoms with van der Waals surface area (Å²) in [6, 6.07) is 21.7. The quantitative estimate of drug-likeness (QED) is 0.200. The molecule has 1 atom stereocenters. The summed E-state index contributed by atoms with van der Waals surface area (Å²) in [5, 5.41) is 12.4. The van der Waals surface area contributed by atoms with E-state index in [0.717, 1.165) is 0 Å². The number of amides is 1. The predicted octanol–water partition coefficient (Wildman–Crippen LogP) is 3.11. The summed E-state index contributed by atoms with van der Waals surface area (Å²) in [6.07, 6.45) is 1.26. The molecular formula is C28H25ClN6O6S2. The standard InChI is InChI=1S/C28H25ClN6O6S2/c29-22-12-10-18(14-23(22)30)24-15-28(41-35-24,17-33-43(39,40)20-6-2-1-3-7-20)27(36)34-26-13-11-19(16-32-26)21-8-4-5-9-25(21)42(31,37)38/h1-14,16,33H,15,17,30H2,(H2,31,37,38)(H,32,34,36)/t28-/m0/s1. The number of carbonyl (C=O) groups excluding carboxylic acids is 1. The van der Waals surface area contributed by atoms with Gasteiger partial charge in [0.15, 0.2) is 0 Å². The maximum absolute atomic E-state index is 13.7. The number of nitrogen functional groups attached to an aromatic ring is 1. The average molecular weight is 641 g/mol. The number of carbonyl (C=O) groups is 1. The van der Waals surface area contributed by atoms with Crippen LogP contribution in [0, 0.1) is 0 Å². The van der Waals surface area contributed by atoms with Crippen molar-refractivity contribution in [2.24, 2.45) is 10.3 Å². The van der Waals surface area contributed by atoms with Crippen LogP contribution in [0.1, 0.15) is 12.0 Å². The number of hydrogen-bond donors (Lipinski definition) is 4. The van der Waals surface area contributed by atoms with E-state index in [1.54, 1.807) is 60.7 Å². The minimum atomic E-state index is -4.01. The molecule has 6 N–H and O–H groups in total. The Kier molecular flexibility index (Phi) is 8.23. The van der Waals surface area contributed by atoms with E-state index < -0.39 is 38.1 Å². The van der Waals surface area contributed by atoms with Gasteiger partial charge in [-0.05, 0) is 42.5 Å². The molecule has 0 saturated carbocycles. The Labute approximate surface area is 252 Å². The first-order valence-electron chi connectivity index (χ1n) is 12.6. The van der Waals surface area contributed by atoms with Gasteiger partial charge in [0, 0.05) is 29.3 Å². The Balaban J connectivity index is 1.41. The largest absolute Gasteiger partial charge is 0.398 e. The summed E-state index contributed by atoms with van der Waals surface area (Å²) >= 11 is 6.04. The highest BCUT2D eigenvalue weighted by molar-refractivity contribution is 7.89.